The van der Waals surface area contributed by atoms with Gasteiger partial charge >= 0.3 is 0 Å². The van der Waals surface area contributed by atoms with Crippen LogP contribution in [0.4, 0.5) is 5.69 Å². The first kappa shape index (κ1) is 19.8. The lowest BCUT2D eigenvalue weighted by Crippen LogP contribution is -2.49. The third kappa shape index (κ3) is 3.58. The Morgan fingerprint density at radius 1 is 0.933 bits per heavy atom. The van der Waals surface area contributed by atoms with E-state index in [1.165, 1.54) is 4.68 Å². The van der Waals surface area contributed by atoms with Crippen molar-refractivity contribution in [2.24, 2.45) is 0 Å². The maximum absolute atomic E-state index is 13.2. The maximum Gasteiger partial charge on any atom is 0.275 e. The van der Waals surface area contributed by atoms with Crippen molar-refractivity contribution >= 4 is 28.2 Å². The van der Waals surface area contributed by atoms with Gasteiger partial charge in [-0.2, -0.15) is 5.10 Å². The number of carbonyl (C=O) groups excluding carboxylic acids is 2. The number of piperazine rings is 1. The number of fused-ring (bicyclic) bond motifs is 1. The summed E-state index contributed by atoms with van der Waals surface area (Å²) in [6, 6.07) is 14.7. The van der Waals surface area contributed by atoms with Gasteiger partial charge in [-0.25, -0.2) is 4.68 Å². The fourth-order valence-electron chi connectivity index (χ4n) is 3.83. The summed E-state index contributed by atoms with van der Waals surface area (Å²) in [5.74, 6) is -0.106. The van der Waals surface area contributed by atoms with Crippen molar-refractivity contribution < 1.29 is 9.59 Å². The zero-order valence-corrected chi connectivity index (χ0v) is 17.2. The quantitative estimate of drug-likeness (QED) is 0.625. The Morgan fingerprint density at radius 3 is 2.17 bits per heavy atom. The predicted molar refractivity (Wildman–Crippen MR) is 116 cm³/mol. The molecule has 1 aliphatic heterocycles. The van der Waals surface area contributed by atoms with Crippen molar-refractivity contribution in [3.63, 3.8) is 0 Å². The van der Waals surface area contributed by atoms with Crippen LogP contribution in [0, 0.1) is 0 Å². The van der Waals surface area contributed by atoms with E-state index in [2.05, 4.69) is 10.00 Å². The number of amides is 1. The molecule has 1 amide bonds. The van der Waals surface area contributed by atoms with Crippen LogP contribution >= 0.6 is 0 Å². The molecule has 0 radical (unpaired) electrons. The molecular formula is C23H24N4O3. The summed E-state index contributed by atoms with van der Waals surface area (Å²) in [5.41, 5.74) is 1.88. The fourth-order valence-corrected chi connectivity index (χ4v) is 3.83. The van der Waals surface area contributed by atoms with Gasteiger partial charge in [0.15, 0.2) is 11.5 Å². The lowest BCUT2D eigenvalue weighted by Gasteiger charge is -2.36. The molecule has 1 aliphatic rings. The minimum absolute atomic E-state index is 0.0464. The van der Waals surface area contributed by atoms with Crippen molar-refractivity contribution in [2.45, 2.75) is 20.4 Å². The molecule has 2 heterocycles. The normalized spacial score (nSPS) is 14.2. The SMILES string of the molecule is CCn1nc(C(=O)N2CCN(c3ccc(C(C)=O)cc3)CC2)c2ccccc2c1=O. The molecule has 7 nitrogen and oxygen atoms in total. The highest BCUT2D eigenvalue weighted by atomic mass is 16.2. The lowest BCUT2D eigenvalue weighted by molar-refractivity contribution is 0.0740. The summed E-state index contributed by atoms with van der Waals surface area (Å²) in [6.07, 6.45) is 0. The molecule has 2 aromatic carbocycles. The smallest absolute Gasteiger partial charge is 0.275 e. The zero-order chi connectivity index (χ0) is 21.3. The number of anilines is 1. The van der Waals surface area contributed by atoms with Crippen LogP contribution in [0.15, 0.2) is 53.3 Å². The van der Waals surface area contributed by atoms with Gasteiger partial charge in [-0.05, 0) is 44.2 Å². The second-order valence-electron chi connectivity index (χ2n) is 7.40. The number of aryl methyl sites for hydroxylation is 1. The van der Waals surface area contributed by atoms with E-state index in [-0.39, 0.29) is 17.2 Å². The Bertz CT molecular complexity index is 1160. The lowest BCUT2D eigenvalue weighted by atomic mass is 10.1. The number of aromatic nitrogens is 2. The highest BCUT2D eigenvalue weighted by Crippen LogP contribution is 2.20. The summed E-state index contributed by atoms with van der Waals surface area (Å²) < 4.78 is 1.35. The number of carbonyl (C=O) groups is 2. The van der Waals surface area contributed by atoms with E-state index in [9.17, 15) is 14.4 Å². The van der Waals surface area contributed by atoms with Gasteiger partial charge in [-0.15, -0.1) is 0 Å². The van der Waals surface area contributed by atoms with Gasteiger partial charge in [0.1, 0.15) is 0 Å². The van der Waals surface area contributed by atoms with Gasteiger partial charge in [0.05, 0.1) is 5.39 Å². The van der Waals surface area contributed by atoms with Gasteiger partial charge in [0.2, 0.25) is 0 Å². The molecule has 0 aliphatic carbocycles. The number of Topliss-reactive ketones (excluding diaryl/α,β-unsaturated/α-hetero) is 1. The first-order valence-corrected chi connectivity index (χ1v) is 10.1. The van der Waals surface area contributed by atoms with Crippen LogP contribution in [0.3, 0.4) is 0 Å². The van der Waals surface area contributed by atoms with Gasteiger partial charge in [0, 0.05) is 49.4 Å². The van der Waals surface area contributed by atoms with Gasteiger partial charge < -0.3 is 9.80 Å². The Kier molecular flexibility index (Phi) is 5.35. The van der Waals surface area contributed by atoms with Crippen molar-refractivity contribution in [2.75, 3.05) is 31.1 Å². The zero-order valence-electron chi connectivity index (χ0n) is 17.2. The molecule has 0 saturated carbocycles. The van der Waals surface area contributed by atoms with E-state index >= 15 is 0 Å². The maximum atomic E-state index is 13.2. The predicted octanol–water partition coefficient (Wildman–Crippen LogP) is 2.58. The van der Waals surface area contributed by atoms with Crippen LogP contribution in [0.5, 0.6) is 0 Å². The van der Waals surface area contributed by atoms with Crippen molar-refractivity contribution in [1.82, 2.24) is 14.7 Å². The second-order valence-corrected chi connectivity index (χ2v) is 7.40. The first-order valence-electron chi connectivity index (χ1n) is 10.1. The Morgan fingerprint density at radius 2 is 1.57 bits per heavy atom. The molecule has 4 rings (SSSR count). The van der Waals surface area contributed by atoms with Crippen LogP contribution in [0.25, 0.3) is 10.8 Å². The Hall–Kier alpha value is -3.48. The molecule has 7 heteroatoms. The molecule has 1 fully saturated rings. The van der Waals surface area contributed by atoms with E-state index in [1.54, 1.807) is 30.0 Å². The van der Waals surface area contributed by atoms with Crippen LogP contribution in [0.2, 0.25) is 0 Å². The fraction of sp³-hybridized carbons (Fsp3) is 0.304. The summed E-state index contributed by atoms with van der Waals surface area (Å²) in [6.45, 7) is 6.32. The van der Waals surface area contributed by atoms with E-state index in [1.807, 2.05) is 37.3 Å². The topological polar surface area (TPSA) is 75.5 Å². The van der Waals surface area contributed by atoms with E-state index < -0.39 is 0 Å². The van der Waals surface area contributed by atoms with Crippen LogP contribution < -0.4 is 10.5 Å². The average Bonchev–Trinajstić information content (AvgIpc) is 2.79. The minimum Gasteiger partial charge on any atom is -0.368 e. The van der Waals surface area contributed by atoms with Crippen LogP contribution in [0.1, 0.15) is 34.7 Å². The van der Waals surface area contributed by atoms with Crippen molar-refractivity contribution in [3.8, 4) is 0 Å². The molecule has 1 saturated heterocycles. The second kappa shape index (κ2) is 8.10. The van der Waals surface area contributed by atoms with Crippen LogP contribution in [-0.4, -0.2) is 52.5 Å². The van der Waals surface area contributed by atoms with E-state index in [4.69, 9.17) is 0 Å². The highest BCUT2D eigenvalue weighted by molar-refractivity contribution is 6.04. The summed E-state index contributed by atoms with van der Waals surface area (Å²) in [7, 11) is 0. The first-order chi connectivity index (χ1) is 14.5. The number of ketones is 1. The van der Waals surface area contributed by atoms with Gasteiger partial charge in [-0.1, -0.05) is 18.2 Å². The number of nitrogens with zero attached hydrogens (tertiary/aromatic N) is 4. The molecule has 0 bridgehead atoms. The molecule has 30 heavy (non-hydrogen) atoms. The summed E-state index contributed by atoms with van der Waals surface area (Å²) >= 11 is 0. The summed E-state index contributed by atoms with van der Waals surface area (Å²) in [4.78, 5) is 41.2. The molecule has 3 aromatic rings. The molecular weight excluding hydrogens is 380 g/mol. The third-order valence-corrected chi connectivity index (χ3v) is 5.58. The van der Waals surface area contributed by atoms with Crippen molar-refractivity contribution in [3.05, 3.63) is 70.1 Å². The van der Waals surface area contributed by atoms with Gasteiger partial charge in [-0.3, -0.25) is 14.4 Å². The van der Waals surface area contributed by atoms with E-state index in [0.717, 1.165) is 5.69 Å². The molecule has 0 N–H and O–H groups in total. The number of benzene rings is 2. The summed E-state index contributed by atoms with van der Waals surface area (Å²) in [5, 5.41) is 5.48. The van der Waals surface area contributed by atoms with Gasteiger partial charge in [0.25, 0.3) is 11.5 Å². The molecule has 0 atom stereocenters. The molecule has 0 unspecified atom stereocenters. The monoisotopic (exact) mass is 404 g/mol. The molecule has 154 valence electrons. The molecule has 0 spiro atoms. The number of hydrogen-bond donors (Lipinski definition) is 0. The Balaban J connectivity index is 1.54. The van der Waals surface area contributed by atoms with Crippen LogP contribution in [-0.2, 0) is 6.54 Å². The highest BCUT2D eigenvalue weighted by Gasteiger charge is 2.26. The third-order valence-electron chi connectivity index (χ3n) is 5.58. The average molecular weight is 404 g/mol. The van der Waals surface area contributed by atoms with E-state index in [0.29, 0.717) is 54.8 Å². The Labute approximate surface area is 174 Å². The largest absolute Gasteiger partial charge is 0.368 e. The number of rotatable bonds is 4. The molecule has 1 aromatic heterocycles. The van der Waals surface area contributed by atoms with Crippen molar-refractivity contribution in [1.29, 1.82) is 0 Å². The minimum atomic E-state index is -0.177. The standard InChI is InChI=1S/C23H24N4O3/c1-3-27-22(29)20-7-5-4-6-19(20)21(24-27)23(30)26-14-12-25(13-15-26)18-10-8-17(9-11-18)16(2)28/h4-11H,3,12-15H2,1-2H3. The number of hydrogen-bond acceptors (Lipinski definition) is 5.